The lowest BCUT2D eigenvalue weighted by Gasteiger charge is -2.33. The number of benzene rings is 2. The second-order valence-electron chi connectivity index (χ2n) is 7.27. The molecule has 1 N–H and O–H groups in total. The number of para-hydroxylation sites is 3. The van der Waals surface area contributed by atoms with Gasteiger partial charge in [0.15, 0.2) is 12.7 Å². The van der Waals surface area contributed by atoms with Crippen LogP contribution < -0.4 is 15.0 Å². The zero-order valence-corrected chi connectivity index (χ0v) is 18.7. The number of halogens is 1. The number of aromatic nitrogens is 2. The lowest BCUT2D eigenvalue weighted by Crippen LogP contribution is -2.51. The van der Waals surface area contributed by atoms with Crippen molar-refractivity contribution in [1.29, 1.82) is 0 Å². The quantitative estimate of drug-likeness (QED) is 0.577. The zero-order valence-electron chi connectivity index (χ0n) is 17.9. The number of carbonyl (C=O) groups excluding carboxylic acids is 3. The van der Waals surface area contributed by atoms with E-state index in [1.54, 1.807) is 43.3 Å². The highest BCUT2D eigenvalue weighted by Gasteiger charge is 2.34. The van der Waals surface area contributed by atoms with Gasteiger partial charge in [-0.1, -0.05) is 41.9 Å². The Morgan fingerprint density at radius 2 is 1.85 bits per heavy atom. The summed E-state index contributed by atoms with van der Waals surface area (Å²) in [6.45, 7) is 1.08. The van der Waals surface area contributed by atoms with Crippen molar-refractivity contribution >= 4 is 35.1 Å². The molecule has 33 heavy (non-hydrogen) atoms. The Bertz CT molecular complexity index is 1210. The smallest absolute Gasteiger partial charge is 0.343 e. The van der Waals surface area contributed by atoms with Gasteiger partial charge in [0.25, 0.3) is 11.8 Å². The third kappa shape index (κ3) is 4.40. The summed E-state index contributed by atoms with van der Waals surface area (Å²) in [4.78, 5) is 39.2. The van der Waals surface area contributed by atoms with Crippen molar-refractivity contribution in [3.05, 3.63) is 71.0 Å². The number of anilines is 1. The fraction of sp³-hybridized carbons (Fsp3) is 0.217. The van der Waals surface area contributed by atoms with Crippen molar-refractivity contribution in [3.8, 4) is 11.4 Å². The van der Waals surface area contributed by atoms with Gasteiger partial charge in [-0.2, -0.15) is 5.10 Å². The van der Waals surface area contributed by atoms with Gasteiger partial charge in [0.2, 0.25) is 0 Å². The molecule has 9 nitrogen and oxygen atoms in total. The number of aryl methyl sites for hydroxylation is 1. The van der Waals surface area contributed by atoms with E-state index >= 15 is 0 Å². The van der Waals surface area contributed by atoms with Crippen molar-refractivity contribution in [2.24, 2.45) is 0 Å². The maximum atomic E-state index is 13.0. The number of rotatable bonds is 5. The molecule has 0 radical (unpaired) electrons. The second kappa shape index (κ2) is 9.33. The fourth-order valence-electron chi connectivity index (χ4n) is 3.52. The highest BCUT2D eigenvalue weighted by Crippen LogP contribution is 2.33. The first-order chi connectivity index (χ1) is 15.9. The third-order valence-corrected chi connectivity index (χ3v) is 5.50. The molecule has 0 spiro atoms. The maximum absolute atomic E-state index is 13.0. The summed E-state index contributed by atoms with van der Waals surface area (Å²) in [7, 11) is 1.49. The topological polar surface area (TPSA) is 103 Å². The molecule has 1 atom stereocenters. The number of carbonyl (C=O) groups is 3. The van der Waals surface area contributed by atoms with Crippen LogP contribution in [0.1, 0.15) is 16.1 Å². The molecule has 2 aromatic carbocycles. The molecule has 3 aromatic rings. The lowest BCUT2D eigenvalue weighted by atomic mass is 10.1. The Morgan fingerprint density at radius 3 is 2.58 bits per heavy atom. The first kappa shape index (κ1) is 22.3. The van der Waals surface area contributed by atoms with E-state index in [0.29, 0.717) is 22.8 Å². The average Bonchev–Trinajstić information content (AvgIpc) is 3.15. The number of ether oxygens (including phenoxy) is 2. The standard InChI is InChI=1S/C23H21ClN4O5/c1-14-20(21(24)28(26-14)15-8-4-3-5-9-15)23(31)32-13-19(29)27-12-18(22(30)25-2)33-17-11-7-6-10-16(17)27/h3-11,18H,12-13H2,1-2H3,(H,25,30)/t18-/m0/s1. The molecule has 1 aliphatic heterocycles. The van der Waals surface area contributed by atoms with Crippen LogP contribution in [0.3, 0.4) is 0 Å². The molecule has 4 rings (SSSR count). The minimum absolute atomic E-state index is 0.0151. The van der Waals surface area contributed by atoms with Crippen molar-refractivity contribution in [3.63, 3.8) is 0 Å². The minimum atomic E-state index is -0.884. The highest BCUT2D eigenvalue weighted by atomic mass is 35.5. The minimum Gasteiger partial charge on any atom is -0.477 e. The van der Waals surface area contributed by atoms with Crippen molar-refractivity contribution in [2.45, 2.75) is 13.0 Å². The normalized spacial score (nSPS) is 14.8. The predicted octanol–water partition coefficient (Wildman–Crippen LogP) is 2.53. The third-order valence-electron chi connectivity index (χ3n) is 5.15. The second-order valence-corrected chi connectivity index (χ2v) is 7.63. The Balaban J connectivity index is 1.51. The monoisotopic (exact) mass is 468 g/mol. The zero-order chi connectivity index (χ0) is 23.5. The maximum Gasteiger partial charge on any atom is 0.343 e. The summed E-state index contributed by atoms with van der Waals surface area (Å²) in [5.41, 5.74) is 1.63. The number of amides is 2. The molecule has 0 bridgehead atoms. The molecule has 0 unspecified atom stereocenters. The molecule has 0 fully saturated rings. The van der Waals surface area contributed by atoms with Crippen molar-refractivity contribution in [2.75, 3.05) is 25.1 Å². The van der Waals surface area contributed by atoms with Gasteiger partial charge in [0.05, 0.1) is 23.6 Å². The first-order valence-electron chi connectivity index (χ1n) is 10.2. The van der Waals surface area contributed by atoms with Gasteiger partial charge >= 0.3 is 5.97 Å². The van der Waals surface area contributed by atoms with E-state index in [1.165, 1.54) is 16.6 Å². The van der Waals surface area contributed by atoms with Gasteiger partial charge in [-0.05, 0) is 31.2 Å². The van der Waals surface area contributed by atoms with Crippen LogP contribution in [0, 0.1) is 6.92 Å². The molecule has 0 aliphatic carbocycles. The number of esters is 1. The van der Waals surface area contributed by atoms with Crippen LogP contribution in [0.15, 0.2) is 54.6 Å². The summed E-state index contributed by atoms with van der Waals surface area (Å²) < 4.78 is 12.4. The van der Waals surface area contributed by atoms with Crippen molar-refractivity contribution in [1.82, 2.24) is 15.1 Å². The number of fused-ring (bicyclic) bond motifs is 1. The van der Waals surface area contributed by atoms with Crippen LogP contribution in [0.25, 0.3) is 5.69 Å². The molecule has 170 valence electrons. The van der Waals surface area contributed by atoms with Gasteiger partial charge in [-0.25, -0.2) is 9.48 Å². The number of nitrogens with one attached hydrogen (secondary N) is 1. The summed E-state index contributed by atoms with van der Waals surface area (Å²) in [5.74, 6) is -1.25. The Hall–Kier alpha value is -3.85. The molecule has 1 aliphatic rings. The van der Waals surface area contributed by atoms with E-state index in [4.69, 9.17) is 21.1 Å². The fourth-order valence-corrected chi connectivity index (χ4v) is 3.87. The van der Waals surface area contributed by atoms with Crippen LogP contribution in [0.2, 0.25) is 5.15 Å². The van der Waals surface area contributed by atoms with Crippen LogP contribution in [-0.4, -0.2) is 53.9 Å². The van der Waals surface area contributed by atoms with E-state index in [-0.39, 0.29) is 23.2 Å². The van der Waals surface area contributed by atoms with Crippen LogP contribution in [0.5, 0.6) is 5.75 Å². The Morgan fingerprint density at radius 1 is 1.15 bits per heavy atom. The highest BCUT2D eigenvalue weighted by molar-refractivity contribution is 6.33. The molecule has 2 heterocycles. The van der Waals surface area contributed by atoms with Crippen LogP contribution >= 0.6 is 11.6 Å². The molecular formula is C23H21ClN4O5. The van der Waals surface area contributed by atoms with Gasteiger partial charge in [0, 0.05) is 7.05 Å². The summed E-state index contributed by atoms with van der Waals surface area (Å²) in [5, 5.41) is 6.92. The Kier molecular flexibility index (Phi) is 6.32. The Labute approximate surface area is 194 Å². The predicted molar refractivity (Wildman–Crippen MR) is 121 cm³/mol. The van der Waals surface area contributed by atoms with Crippen LogP contribution in [-0.2, 0) is 14.3 Å². The van der Waals surface area contributed by atoms with Gasteiger partial charge in [0.1, 0.15) is 16.5 Å². The van der Waals surface area contributed by atoms with E-state index in [1.807, 2.05) is 18.2 Å². The molecule has 0 saturated heterocycles. The van der Waals surface area contributed by atoms with E-state index in [9.17, 15) is 14.4 Å². The van der Waals surface area contributed by atoms with E-state index in [0.717, 1.165) is 0 Å². The van der Waals surface area contributed by atoms with Gasteiger partial charge < -0.3 is 19.7 Å². The molecule has 1 aromatic heterocycles. The largest absolute Gasteiger partial charge is 0.477 e. The SMILES string of the molecule is CNC(=O)[C@@H]1CN(C(=O)COC(=O)c2c(C)nn(-c3ccccc3)c2Cl)c2ccccc2O1. The van der Waals surface area contributed by atoms with Crippen LogP contribution in [0.4, 0.5) is 5.69 Å². The number of hydrogen-bond donors (Lipinski definition) is 1. The molecule has 2 amide bonds. The van der Waals surface area contributed by atoms with Gasteiger partial charge in [-0.15, -0.1) is 0 Å². The molecular weight excluding hydrogens is 448 g/mol. The average molecular weight is 469 g/mol. The van der Waals surface area contributed by atoms with E-state index < -0.39 is 24.6 Å². The number of likely N-dealkylation sites (N-methyl/N-ethyl adjacent to an activating group) is 1. The molecule has 10 heteroatoms. The summed E-state index contributed by atoms with van der Waals surface area (Å²) in [6, 6.07) is 16.0. The van der Waals surface area contributed by atoms with Gasteiger partial charge in [-0.3, -0.25) is 9.59 Å². The molecule has 0 saturated carbocycles. The van der Waals surface area contributed by atoms with E-state index in [2.05, 4.69) is 10.4 Å². The summed E-state index contributed by atoms with van der Waals surface area (Å²) in [6.07, 6.45) is -0.884. The number of hydrogen-bond acceptors (Lipinski definition) is 6. The van der Waals surface area contributed by atoms with Crippen molar-refractivity contribution < 1.29 is 23.9 Å². The number of nitrogens with zero attached hydrogens (tertiary/aromatic N) is 3. The first-order valence-corrected chi connectivity index (χ1v) is 10.5. The summed E-state index contributed by atoms with van der Waals surface area (Å²) >= 11 is 6.40. The lowest BCUT2D eigenvalue weighted by molar-refractivity contribution is -0.128.